The molecule has 7 heteroatoms. The van der Waals surface area contributed by atoms with Crippen molar-refractivity contribution in [1.29, 1.82) is 0 Å². The number of guanidine groups is 1. The summed E-state index contributed by atoms with van der Waals surface area (Å²) in [4.78, 5) is 9.02. The number of ether oxygens (including phenoxy) is 2. The highest BCUT2D eigenvalue weighted by molar-refractivity contribution is 14.0. The van der Waals surface area contributed by atoms with Gasteiger partial charge in [-0.2, -0.15) is 0 Å². The Morgan fingerprint density at radius 2 is 2.19 bits per heavy atom. The lowest BCUT2D eigenvalue weighted by atomic mass is 10.2. The van der Waals surface area contributed by atoms with E-state index in [1.807, 2.05) is 44.4 Å². The Balaban J connectivity index is 0.00000243. The first-order valence-corrected chi connectivity index (χ1v) is 9.21. The van der Waals surface area contributed by atoms with Gasteiger partial charge >= 0.3 is 0 Å². The highest BCUT2D eigenvalue weighted by atomic mass is 127. The smallest absolute Gasteiger partial charge is 0.193 e. The summed E-state index contributed by atoms with van der Waals surface area (Å²) >= 11 is 0. The largest absolute Gasteiger partial charge is 0.492 e. The van der Waals surface area contributed by atoms with E-state index in [0.717, 1.165) is 38.0 Å². The molecule has 2 aliphatic rings. The first-order chi connectivity index (χ1) is 12.3. The Labute approximate surface area is 173 Å². The molecule has 1 aromatic rings. The van der Waals surface area contributed by atoms with Gasteiger partial charge in [0.15, 0.2) is 5.96 Å². The van der Waals surface area contributed by atoms with Crippen molar-refractivity contribution in [3.8, 4) is 5.75 Å². The minimum Gasteiger partial charge on any atom is -0.492 e. The Kier molecular flexibility index (Phi) is 8.94. The molecule has 2 saturated heterocycles. The van der Waals surface area contributed by atoms with Crippen LogP contribution in [-0.4, -0.2) is 81.4 Å². The molecular weight excluding hydrogens is 443 g/mol. The van der Waals surface area contributed by atoms with Crippen LogP contribution in [0.5, 0.6) is 5.75 Å². The number of morpholine rings is 1. The topological polar surface area (TPSA) is 49.3 Å². The molecule has 0 bridgehead atoms. The molecule has 0 aromatic heterocycles. The van der Waals surface area contributed by atoms with Crippen molar-refractivity contribution in [1.82, 2.24) is 15.1 Å². The van der Waals surface area contributed by atoms with Crippen LogP contribution in [0.1, 0.15) is 12.8 Å². The molecule has 0 saturated carbocycles. The lowest BCUT2D eigenvalue weighted by Gasteiger charge is -2.35. The molecule has 146 valence electrons. The number of nitrogens with one attached hydrogen (secondary N) is 1. The van der Waals surface area contributed by atoms with Crippen LogP contribution in [0.15, 0.2) is 35.3 Å². The number of para-hydroxylation sites is 1. The summed E-state index contributed by atoms with van der Waals surface area (Å²) in [5.41, 5.74) is 0. The zero-order valence-corrected chi connectivity index (χ0v) is 18.1. The second-order valence-electron chi connectivity index (χ2n) is 6.76. The third-order valence-corrected chi connectivity index (χ3v) is 4.96. The van der Waals surface area contributed by atoms with Crippen LogP contribution in [0, 0.1) is 0 Å². The van der Waals surface area contributed by atoms with Crippen molar-refractivity contribution in [2.24, 2.45) is 4.99 Å². The van der Waals surface area contributed by atoms with Crippen LogP contribution in [-0.2, 0) is 4.74 Å². The number of halogens is 1. The molecule has 0 aliphatic carbocycles. The first kappa shape index (κ1) is 21.2. The van der Waals surface area contributed by atoms with E-state index in [9.17, 15) is 0 Å². The summed E-state index contributed by atoms with van der Waals surface area (Å²) < 4.78 is 11.8. The predicted octanol–water partition coefficient (Wildman–Crippen LogP) is 2.05. The molecule has 2 aliphatic heterocycles. The zero-order valence-electron chi connectivity index (χ0n) is 15.8. The van der Waals surface area contributed by atoms with E-state index >= 15 is 0 Å². The lowest BCUT2D eigenvalue weighted by molar-refractivity contribution is -0.0454. The number of fused-ring (bicyclic) bond motifs is 1. The van der Waals surface area contributed by atoms with Crippen LogP contribution < -0.4 is 10.1 Å². The van der Waals surface area contributed by atoms with Gasteiger partial charge in [-0.15, -0.1) is 24.0 Å². The highest BCUT2D eigenvalue weighted by Gasteiger charge is 2.32. The molecule has 0 spiro atoms. The summed E-state index contributed by atoms with van der Waals surface area (Å²) in [6, 6.07) is 10.5. The third-order valence-electron chi connectivity index (χ3n) is 4.96. The first-order valence-electron chi connectivity index (χ1n) is 9.21. The molecule has 2 fully saturated rings. The molecule has 3 rings (SSSR count). The van der Waals surface area contributed by atoms with Crippen LogP contribution in [0.2, 0.25) is 0 Å². The molecular formula is C19H31IN4O2. The summed E-state index contributed by atoms with van der Waals surface area (Å²) in [5.74, 6) is 1.78. The van der Waals surface area contributed by atoms with Gasteiger partial charge in [-0.25, -0.2) is 0 Å². The summed E-state index contributed by atoms with van der Waals surface area (Å²) in [6.45, 7) is 5.29. The standard InChI is InChI=1S/C19H30N4O2.HI/c1-20-19(22(2)11-12-24-17-8-4-3-5-9-17)21-13-18-14-23-10-6-7-16(23)15-25-18;/h3-5,8-9,16,18H,6-7,10-15H2,1-2H3,(H,20,21);1H. The molecule has 2 unspecified atom stereocenters. The molecule has 6 nitrogen and oxygen atoms in total. The van der Waals surface area contributed by atoms with Crippen molar-refractivity contribution < 1.29 is 9.47 Å². The SMILES string of the molecule is CN=C(NCC1CN2CCCC2CO1)N(C)CCOc1ccccc1.I. The van der Waals surface area contributed by atoms with E-state index < -0.39 is 0 Å². The summed E-state index contributed by atoms with van der Waals surface area (Å²) in [6.07, 6.45) is 2.83. The van der Waals surface area contributed by atoms with Gasteiger partial charge in [0.25, 0.3) is 0 Å². The number of hydrogen-bond donors (Lipinski definition) is 1. The second-order valence-corrected chi connectivity index (χ2v) is 6.76. The van der Waals surface area contributed by atoms with Crippen molar-refractivity contribution in [3.63, 3.8) is 0 Å². The lowest BCUT2D eigenvalue weighted by Crippen LogP contribution is -2.51. The number of aliphatic imine (C=N–C) groups is 1. The van der Waals surface area contributed by atoms with Crippen molar-refractivity contribution in [3.05, 3.63) is 30.3 Å². The van der Waals surface area contributed by atoms with Gasteiger partial charge in [-0.05, 0) is 31.5 Å². The predicted molar refractivity (Wildman–Crippen MR) is 116 cm³/mol. The fraction of sp³-hybridized carbons (Fsp3) is 0.632. The van der Waals surface area contributed by atoms with Crippen molar-refractivity contribution in [2.75, 3.05) is 53.5 Å². The number of rotatable bonds is 6. The van der Waals surface area contributed by atoms with E-state index in [2.05, 4.69) is 20.1 Å². The molecule has 26 heavy (non-hydrogen) atoms. The summed E-state index contributed by atoms with van der Waals surface area (Å²) in [7, 11) is 3.84. The molecule has 2 heterocycles. The van der Waals surface area contributed by atoms with Gasteiger partial charge in [-0.1, -0.05) is 18.2 Å². The normalized spacial score (nSPS) is 23.1. The average Bonchev–Trinajstić information content (AvgIpc) is 3.11. The average molecular weight is 474 g/mol. The minimum absolute atomic E-state index is 0. The van der Waals surface area contributed by atoms with Crippen LogP contribution in [0.3, 0.4) is 0 Å². The van der Waals surface area contributed by atoms with Crippen LogP contribution in [0.4, 0.5) is 0 Å². The van der Waals surface area contributed by atoms with Gasteiger partial charge in [0.2, 0.25) is 0 Å². The Morgan fingerprint density at radius 1 is 1.38 bits per heavy atom. The number of nitrogens with zero attached hydrogens (tertiary/aromatic N) is 3. The fourth-order valence-corrected chi connectivity index (χ4v) is 3.52. The van der Waals surface area contributed by atoms with Gasteiger partial charge in [-0.3, -0.25) is 9.89 Å². The molecule has 2 atom stereocenters. The van der Waals surface area contributed by atoms with Crippen molar-refractivity contribution in [2.45, 2.75) is 25.0 Å². The van der Waals surface area contributed by atoms with Gasteiger partial charge < -0.3 is 19.7 Å². The Bertz CT molecular complexity index is 558. The molecule has 0 amide bonds. The maximum Gasteiger partial charge on any atom is 0.193 e. The van der Waals surface area contributed by atoms with E-state index in [-0.39, 0.29) is 30.1 Å². The van der Waals surface area contributed by atoms with Crippen molar-refractivity contribution >= 4 is 29.9 Å². The Morgan fingerprint density at radius 3 is 2.96 bits per heavy atom. The van der Waals surface area contributed by atoms with E-state index in [1.54, 1.807) is 0 Å². The molecule has 1 aromatic carbocycles. The molecule has 0 radical (unpaired) electrons. The number of hydrogen-bond acceptors (Lipinski definition) is 4. The second kappa shape index (κ2) is 10.9. The molecule has 1 N–H and O–H groups in total. The van der Waals surface area contributed by atoms with E-state index in [0.29, 0.717) is 12.6 Å². The van der Waals surface area contributed by atoms with E-state index in [1.165, 1.54) is 19.4 Å². The van der Waals surface area contributed by atoms with E-state index in [4.69, 9.17) is 9.47 Å². The number of likely N-dealkylation sites (N-methyl/N-ethyl adjacent to an activating group) is 1. The van der Waals surface area contributed by atoms with Gasteiger partial charge in [0.1, 0.15) is 12.4 Å². The summed E-state index contributed by atoms with van der Waals surface area (Å²) in [5, 5.41) is 3.44. The fourth-order valence-electron chi connectivity index (χ4n) is 3.52. The number of benzene rings is 1. The van der Waals surface area contributed by atoms with Gasteiger partial charge in [0.05, 0.1) is 19.3 Å². The van der Waals surface area contributed by atoms with Crippen LogP contribution >= 0.6 is 24.0 Å². The zero-order chi connectivity index (χ0) is 17.5. The highest BCUT2D eigenvalue weighted by Crippen LogP contribution is 2.22. The Hall–Kier alpha value is -1.06. The van der Waals surface area contributed by atoms with Gasteiger partial charge in [0, 0.05) is 33.2 Å². The monoisotopic (exact) mass is 474 g/mol. The maximum atomic E-state index is 6.00. The maximum absolute atomic E-state index is 6.00. The quantitative estimate of drug-likeness (QED) is 0.389. The minimum atomic E-state index is 0. The van der Waals surface area contributed by atoms with Crippen LogP contribution in [0.25, 0.3) is 0 Å². The third kappa shape index (κ3) is 5.99.